The molecule has 0 aliphatic carbocycles. The number of aromatic nitrogens is 5. The molecule has 0 amide bonds. The zero-order valence-corrected chi connectivity index (χ0v) is 17.8. The first-order valence-corrected chi connectivity index (χ1v) is 10.5. The molecule has 7 rings (SSSR count). The highest BCUT2D eigenvalue weighted by Crippen LogP contribution is 2.50. The average molecular weight is 462 g/mol. The SMILES string of the molecule is [C-]#[N+]c1nc2c(cc1F)[C@@]13c4cc(C(F)(F)F)nn4-c4cccc([n+]41)C(C)(C)c1cccc-2[n+]13. The van der Waals surface area contributed by atoms with Crippen LogP contribution in [-0.4, -0.2) is 14.8 Å². The zero-order chi connectivity index (χ0) is 23.8. The Morgan fingerprint density at radius 1 is 1.03 bits per heavy atom. The molecule has 0 unspecified atom stereocenters. The molecule has 0 fully saturated rings. The Morgan fingerprint density at radius 3 is 2.44 bits per heavy atom. The summed E-state index contributed by atoms with van der Waals surface area (Å²) in [5.74, 6) is -0.768. The van der Waals surface area contributed by atoms with Gasteiger partial charge in [0.2, 0.25) is 11.4 Å². The lowest BCUT2D eigenvalue weighted by Crippen LogP contribution is -2.79. The van der Waals surface area contributed by atoms with Crippen LogP contribution in [0.3, 0.4) is 0 Å². The number of fused-ring (bicyclic) bond motifs is 4. The first kappa shape index (κ1) is 19.3. The van der Waals surface area contributed by atoms with E-state index in [1.807, 2.05) is 41.2 Å². The van der Waals surface area contributed by atoms with Crippen LogP contribution in [0.1, 0.15) is 42.2 Å². The van der Waals surface area contributed by atoms with E-state index in [2.05, 4.69) is 14.9 Å². The Hall–Kier alpha value is -4.13. The van der Waals surface area contributed by atoms with E-state index < -0.39 is 28.8 Å². The molecule has 7 heterocycles. The highest BCUT2D eigenvalue weighted by Gasteiger charge is 2.74. The van der Waals surface area contributed by atoms with Gasteiger partial charge in [0, 0.05) is 24.3 Å². The summed E-state index contributed by atoms with van der Waals surface area (Å²) in [7, 11) is 0. The van der Waals surface area contributed by atoms with Crippen LogP contribution in [-0.2, 0) is 17.3 Å². The van der Waals surface area contributed by atoms with Crippen molar-refractivity contribution in [3.05, 3.63) is 94.1 Å². The van der Waals surface area contributed by atoms with Crippen molar-refractivity contribution in [3.63, 3.8) is 0 Å². The minimum absolute atomic E-state index is 0.233. The molecule has 0 saturated heterocycles. The van der Waals surface area contributed by atoms with E-state index in [1.54, 1.807) is 18.2 Å². The molecule has 34 heavy (non-hydrogen) atoms. The smallest absolute Gasteiger partial charge is 0.358 e. The Balaban J connectivity index is 1.75. The lowest BCUT2D eigenvalue weighted by Gasteiger charge is -2.33. The van der Waals surface area contributed by atoms with Gasteiger partial charge < -0.3 is 4.85 Å². The monoisotopic (exact) mass is 462 g/mol. The standard InChI is InChI=1S/C24H14F4N6/c1-22(2)16-7-4-6-14-20-12(10-13(25)21(29-3)30-20)23(32(14)16)18-11-15(24(26,27)28)31-34(18)19-9-5-8-17(22)33(19)23/h4-11H,1-2H3/q+2/t23-/m0/s1. The van der Waals surface area contributed by atoms with Gasteiger partial charge in [-0.15, -0.1) is 9.55 Å². The molecule has 6 nitrogen and oxygen atoms in total. The predicted octanol–water partition coefficient (Wildman–Crippen LogP) is 3.78. The number of pyridine rings is 3. The van der Waals surface area contributed by atoms with E-state index in [0.717, 1.165) is 17.5 Å². The van der Waals surface area contributed by atoms with Crippen LogP contribution in [0.2, 0.25) is 0 Å². The largest absolute Gasteiger partial charge is 0.437 e. The van der Waals surface area contributed by atoms with Crippen molar-refractivity contribution >= 4 is 5.82 Å². The number of alkyl halides is 3. The molecule has 4 aromatic heterocycles. The Morgan fingerprint density at radius 2 is 1.74 bits per heavy atom. The van der Waals surface area contributed by atoms with Gasteiger partial charge in [-0.1, -0.05) is 22.4 Å². The molecule has 0 aromatic carbocycles. The molecule has 4 aromatic rings. The Bertz CT molecular complexity index is 1660. The van der Waals surface area contributed by atoms with Crippen LogP contribution < -0.4 is 9.13 Å². The third-order valence-electron chi connectivity index (χ3n) is 7.14. The fraction of sp³-hybridized carbons (Fsp3) is 0.208. The van der Waals surface area contributed by atoms with Gasteiger partial charge in [0.15, 0.2) is 11.5 Å². The number of rotatable bonds is 0. The summed E-state index contributed by atoms with van der Waals surface area (Å²) >= 11 is 0. The van der Waals surface area contributed by atoms with Gasteiger partial charge in [-0.05, 0) is 32.0 Å². The number of halogens is 4. The minimum Gasteiger partial charge on any atom is -0.358 e. The zero-order valence-electron chi connectivity index (χ0n) is 17.8. The Kier molecular flexibility index (Phi) is 3.13. The molecule has 0 radical (unpaired) electrons. The molecule has 3 aliphatic heterocycles. The average Bonchev–Trinajstić information content (AvgIpc) is 3.43. The van der Waals surface area contributed by atoms with Gasteiger partial charge in [-0.3, -0.25) is 0 Å². The fourth-order valence-electron chi connectivity index (χ4n) is 5.82. The molecular formula is C24H14F4N6+2. The maximum absolute atomic E-state index is 15.0. The Labute approximate surface area is 190 Å². The lowest BCUT2D eigenvalue weighted by atomic mass is 9.79. The molecule has 0 saturated carbocycles. The van der Waals surface area contributed by atoms with Crippen LogP contribution in [0.4, 0.5) is 23.4 Å². The second-order valence-corrected chi connectivity index (χ2v) is 9.16. The molecule has 0 N–H and O–H groups in total. The summed E-state index contributed by atoms with van der Waals surface area (Å²) in [6.07, 6.45) is -4.66. The third-order valence-corrected chi connectivity index (χ3v) is 7.14. The molecule has 1 spiro atoms. The molecule has 10 heteroatoms. The van der Waals surface area contributed by atoms with Crippen LogP contribution in [0.5, 0.6) is 0 Å². The molecular weight excluding hydrogens is 448 g/mol. The van der Waals surface area contributed by atoms with E-state index in [0.29, 0.717) is 22.8 Å². The fourth-order valence-corrected chi connectivity index (χ4v) is 5.82. The quantitative estimate of drug-likeness (QED) is 0.196. The van der Waals surface area contributed by atoms with Gasteiger partial charge in [0.05, 0.1) is 0 Å². The van der Waals surface area contributed by atoms with Crippen LogP contribution in [0, 0.1) is 12.4 Å². The van der Waals surface area contributed by atoms with Crippen molar-refractivity contribution in [1.29, 1.82) is 0 Å². The van der Waals surface area contributed by atoms with Crippen molar-refractivity contribution in [2.75, 3.05) is 0 Å². The van der Waals surface area contributed by atoms with Crippen molar-refractivity contribution in [1.82, 2.24) is 14.8 Å². The maximum Gasteiger partial charge on any atom is 0.437 e. The molecule has 0 bridgehead atoms. The van der Waals surface area contributed by atoms with E-state index in [4.69, 9.17) is 6.57 Å². The lowest BCUT2D eigenvalue weighted by molar-refractivity contribution is -0.972. The topological polar surface area (TPSA) is 42.8 Å². The summed E-state index contributed by atoms with van der Waals surface area (Å²) in [4.78, 5) is 7.54. The van der Waals surface area contributed by atoms with Crippen molar-refractivity contribution < 1.29 is 26.7 Å². The number of hydrogen-bond donors (Lipinski definition) is 0. The maximum atomic E-state index is 15.0. The van der Waals surface area contributed by atoms with Crippen LogP contribution >= 0.6 is 0 Å². The summed E-state index contributed by atoms with van der Waals surface area (Å²) < 4.78 is 61.5. The van der Waals surface area contributed by atoms with Crippen molar-refractivity contribution in [2.24, 2.45) is 0 Å². The summed E-state index contributed by atoms with van der Waals surface area (Å²) in [5, 5.41) is 3.93. The van der Waals surface area contributed by atoms with E-state index >= 15 is 4.39 Å². The number of nitrogens with zero attached hydrogens (tertiary/aromatic N) is 6. The number of hydrogen-bond acceptors (Lipinski definition) is 2. The van der Waals surface area contributed by atoms with Gasteiger partial charge in [-0.25, -0.2) is 4.39 Å². The van der Waals surface area contributed by atoms with Gasteiger partial charge in [0.1, 0.15) is 16.7 Å². The molecule has 3 aliphatic rings. The van der Waals surface area contributed by atoms with Crippen LogP contribution in [0.15, 0.2) is 48.5 Å². The highest BCUT2D eigenvalue weighted by molar-refractivity contribution is 5.67. The summed E-state index contributed by atoms with van der Waals surface area (Å²) in [6.45, 7) is 11.4. The van der Waals surface area contributed by atoms with E-state index in [9.17, 15) is 13.2 Å². The van der Waals surface area contributed by atoms with Gasteiger partial charge in [-0.2, -0.15) is 17.7 Å². The second-order valence-electron chi connectivity index (χ2n) is 9.16. The first-order chi connectivity index (χ1) is 16.1. The first-order valence-electron chi connectivity index (χ1n) is 10.5. The highest BCUT2D eigenvalue weighted by atomic mass is 19.4. The minimum atomic E-state index is -4.66. The van der Waals surface area contributed by atoms with E-state index in [1.165, 1.54) is 10.7 Å². The molecule has 1 atom stereocenters. The van der Waals surface area contributed by atoms with Gasteiger partial charge in [0.25, 0.3) is 11.4 Å². The van der Waals surface area contributed by atoms with E-state index in [-0.39, 0.29) is 11.5 Å². The summed E-state index contributed by atoms with van der Waals surface area (Å²) in [6, 6.07) is 13.2. The van der Waals surface area contributed by atoms with Crippen LogP contribution in [0.25, 0.3) is 22.1 Å². The third kappa shape index (κ3) is 1.87. The summed E-state index contributed by atoms with van der Waals surface area (Å²) in [5.41, 5.74) is 0.284. The normalized spacial score (nSPS) is 19.8. The molecule has 166 valence electrons. The van der Waals surface area contributed by atoms with Crippen molar-refractivity contribution in [3.8, 4) is 17.2 Å². The van der Waals surface area contributed by atoms with Crippen molar-refractivity contribution in [2.45, 2.75) is 31.1 Å². The van der Waals surface area contributed by atoms with Gasteiger partial charge >= 0.3 is 23.5 Å². The second kappa shape index (κ2) is 5.50. The predicted molar refractivity (Wildman–Crippen MR) is 109 cm³/mol.